The van der Waals surface area contributed by atoms with Gasteiger partial charge in [-0.15, -0.1) is 0 Å². The van der Waals surface area contributed by atoms with Crippen LogP contribution in [-0.2, 0) is 6.42 Å². The molecule has 1 N–H and O–H groups in total. The van der Waals surface area contributed by atoms with E-state index < -0.39 is 6.10 Å². The van der Waals surface area contributed by atoms with Crippen LogP contribution in [0.3, 0.4) is 0 Å². The van der Waals surface area contributed by atoms with Gasteiger partial charge in [0.2, 0.25) is 0 Å². The molecule has 5 heteroatoms. The quantitative estimate of drug-likeness (QED) is 0.792. The number of nitrogens with zero attached hydrogens (tertiary/aromatic N) is 3. The van der Waals surface area contributed by atoms with Gasteiger partial charge in [-0.3, -0.25) is 9.88 Å². The molecule has 0 bridgehead atoms. The molecule has 1 saturated heterocycles. The van der Waals surface area contributed by atoms with E-state index in [4.69, 9.17) is 4.74 Å². The molecule has 0 radical (unpaired) electrons. The van der Waals surface area contributed by atoms with Crippen LogP contribution in [0.2, 0.25) is 0 Å². The molecule has 25 heavy (non-hydrogen) atoms. The molecule has 2 aromatic rings. The lowest BCUT2D eigenvalue weighted by atomic mass is 10.2. The Bertz CT molecular complexity index is 601. The highest BCUT2D eigenvalue weighted by Crippen LogP contribution is 2.09. The molecule has 0 saturated carbocycles. The van der Waals surface area contributed by atoms with Crippen LogP contribution < -0.4 is 4.74 Å². The number of benzene rings is 1. The number of ether oxygens (including phenoxy) is 1. The highest BCUT2D eigenvalue weighted by molar-refractivity contribution is 5.20. The van der Waals surface area contributed by atoms with E-state index in [1.165, 1.54) is 0 Å². The molecule has 5 nitrogen and oxygen atoms in total. The summed E-state index contributed by atoms with van der Waals surface area (Å²) in [6.45, 7) is 6.11. The number of piperazine rings is 1. The van der Waals surface area contributed by atoms with Crippen molar-refractivity contribution in [3.8, 4) is 5.75 Å². The number of β-amino-alcohol motifs (C(OH)–C–C–N with tert-alkyl or cyclic N) is 1. The molecule has 1 aromatic carbocycles. The molecule has 134 valence electrons. The van der Waals surface area contributed by atoms with Gasteiger partial charge in [0.1, 0.15) is 18.5 Å². The van der Waals surface area contributed by atoms with Gasteiger partial charge in [0.25, 0.3) is 0 Å². The largest absolute Gasteiger partial charge is 0.491 e. The number of pyridine rings is 1. The number of rotatable bonds is 8. The Kier molecular flexibility index (Phi) is 6.79. The number of aliphatic hydroxyl groups excluding tert-OH is 1. The fourth-order valence-electron chi connectivity index (χ4n) is 3.07. The van der Waals surface area contributed by atoms with Crippen molar-refractivity contribution in [1.82, 2.24) is 14.8 Å². The average Bonchev–Trinajstić information content (AvgIpc) is 2.67. The van der Waals surface area contributed by atoms with Gasteiger partial charge in [0.05, 0.1) is 0 Å². The third-order valence-electron chi connectivity index (χ3n) is 4.53. The summed E-state index contributed by atoms with van der Waals surface area (Å²) in [5.41, 5.74) is 1.15. The summed E-state index contributed by atoms with van der Waals surface area (Å²) in [5.74, 6) is 0.806. The Morgan fingerprint density at radius 3 is 2.40 bits per heavy atom. The summed E-state index contributed by atoms with van der Waals surface area (Å²) in [6, 6.07) is 15.7. The molecule has 0 aliphatic carbocycles. The second kappa shape index (κ2) is 9.51. The molecule has 1 atom stereocenters. The van der Waals surface area contributed by atoms with Crippen LogP contribution >= 0.6 is 0 Å². The van der Waals surface area contributed by atoms with Crippen LogP contribution in [0.15, 0.2) is 54.7 Å². The van der Waals surface area contributed by atoms with Gasteiger partial charge in [-0.2, -0.15) is 0 Å². The molecular formula is C20H27N3O2. The van der Waals surface area contributed by atoms with Crippen molar-refractivity contribution in [2.45, 2.75) is 12.5 Å². The molecule has 2 heterocycles. The second-order valence-electron chi connectivity index (χ2n) is 6.49. The topological polar surface area (TPSA) is 48.8 Å². The van der Waals surface area contributed by atoms with Crippen LogP contribution in [0.25, 0.3) is 0 Å². The molecule has 1 aromatic heterocycles. The van der Waals surface area contributed by atoms with Crippen LogP contribution in [0.4, 0.5) is 0 Å². The zero-order valence-corrected chi connectivity index (χ0v) is 14.6. The first-order chi connectivity index (χ1) is 12.3. The van der Waals surface area contributed by atoms with E-state index >= 15 is 0 Å². The molecule has 1 unspecified atom stereocenters. The second-order valence-corrected chi connectivity index (χ2v) is 6.49. The van der Waals surface area contributed by atoms with E-state index in [0.29, 0.717) is 13.2 Å². The number of para-hydroxylation sites is 1. The summed E-state index contributed by atoms with van der Waals surface area (Å²) in [4.78, 5) is 9.16. The molecular weight excluding hydrogens is 314 g/mol. The smallest absolute Gasteiger partial charge is 0.119 e. The van der Waals surface area contributed by atoms with Gasteiger partial charge in [0.15, 0.2) is 0 Å². The Balaban J connectivity index is 1.32. The molecule has 0 amide bonds. The number of aromatic nitrogens is 1. The predicted molar refractivity (Wildman–Crippen MR) is 98.8 cm³/mol. The highest BCUT2D eigenvalue weighted by atomic mass is 16.5. The van der Waals surface area contributed by atoms with Crippen molar-refractivity contribution in [2.24, 2.45) is 0 Å². The summed E-state index contributed by atoms with van der Waals surface area (Å²) in [5, 5.41) is 10.2. The first-order valence-corrected chi connectivity index (χ1v) is 9.00. The molecule has 3 rings (SSSR count). The van der Waals surface area contributed by atoms with Gasteiger partial charge in [-0.1, -0.05) is 24.3 Å². The molecule has 1 aliphatic heterocycles. The van der Waals surface area contributed by atoms with E-state index in [1.54, 1.807) is 0 Å². The van der Waals surface area contributed by atoms with Gasteiger partial charge in [0, 0.05) is 57.6 Å². The summed E-state index contributed by atoms with van der Waals surface area (Å²) >= 11 is 0. The normalized spacial score (nSPS) is 17.3. The number of hydrogen-bond donors (Lipinski definition) is 1. The van der Waals surface area contributed by atoms with Crippen LogP contribution in [0.5, 0.6) is 5.75 Å². The first-order valence-electron chi connectivity index (χ1n) is 9.00. The summed E-state index contributed by atoms with van der Waals surface area (Å²) < 4.78 is 5.62. The lowest BCUT2D eigenvalue weighted by Crippen LogP contribution is -2.49. The van der Waals surface area contributed by atoms with Crippen molar-refractivity contribution in [3.63, 3.8) is 0 Å². The van der Waals surface area contributed by atoms with Crippen LogP contribution in [-0.4, -0.2) is 71.9 Å². The fraction of sp³-hybridized carbons (Fsp3) is 0.450. The van der Waals surface area contributed by atoms with E-state index in [-0.39, 0.29) is 0 Å². The number of hydrogen-bond acceptors (Lipinski definition) is 5. The van der Waals surface area contributed by atoms with Gasteiger partial charge < -0.3 is 14.7 Å². The summed E-state index contributed by atoms with van der Waals surface area (Å²) in [7, 11) is 0. The fourth-order valence-corrected chi connectivity index (χ4v) is 3.07. The lowest BCUT2D eigenvalue weighted by molar-refractivity contribution is 0.0463. The Hall–Kier alpha value is -1.95. The van der Waals surface area contributed by atoms with Gasteiger partial charge in [-0.25, -0.2) is 0 Å². The summed E-state index contributed by atoms with van der Waals surface area (Å²) in [6.07, 6.45) is 2.39. The number of aliphatic hydroxyl groups is 1. The van der Waals surface area contributed by atoms with Crippen molar-refractivity contribution in [2.75, 3.05) is 45.9 Å². The molecule has 1 aliphatic rings. The van der Waals surface area contributed by atoms with E-state index in [9.17, 15) is 5.11 Å². The van der Waals surface area contributed by atoms with Gasteiger partial charge in [-0.05, 0) is 24.3 Å². The first kappa shape index (κ1) is 17.9. The average molecular weight is 341 g/mol. The SMILES string of the molecule is OC(COc1ccccc1)CN1CCN(CCc2ccccn2)CC1. The van der Waals surface area contributed by atoms with E-state index in [2.05, 4.69) is 20.9 Å². The maximum absolute atomic E-state index is 10.2. The minimum atomic E-state index is -0.458. The van der Waals surface area contributed by atoms with E-state index in [0.717, 1.165) is 50.6 Å². The highest BCUT2D eigenvalue weighted by Gasteiger charge is 2.19. The van der Waals surface area contributed by atoms with Crippen molar-refractivity contribution in [3.05, 3.63) is 60.4 Å². The monoisotopic (exact) mass is 341 g/mol. The molecule has 1 fully saturated rings. The maximum atomic E-state index is 10.2. The Morgan fingerprint density at radius 2 is 1.68 bits per heavy atom. The third-order valence-corrected chi connectivity index (χ3v) is 4.53. The van der Waals surface area contributed by atoms with Crippen LogP contribution in [0, 0.1) is 0 Å². The minimum absolute atomic E-state index is 0.337. The Morgan fingerprint density at radius 1 is 0.960 bits per heavy atom. The van der Waals surface area contributed by atoms with Crippen molar-refractivity contribution in [1.29, 1.82) is 0 Å². The standard InChI is InChI=1S/C20H27N3O2/c24-19(17-25-20-7-2-1-3-8-20)16-23-14-12-22(13-15-23)11-9-18-6-4-5-10-21-18/h1-8,10,19,24H,9,11-17H2. The van der Waals surface area contributed by atoms with Crippen molar-refractivity contribution < 1.29 is 9.84 Å². The lowest BCUT2D eigenvalue weighted by Gasteiger charge is -2.35. The van der Waals surface area contributed by atoms with Crippen LogP contribution in [0.1, 0.15) is 5.69 Å². The van der Waals surface area contributed by atoms with E-state index in [1.807, 2.05) is 48.7 Å². The zero-order chi connectivity index (χ0) is 17.3. The third kappa shape index (κ3) is 6.12. The Labute approximate surface area is 149 Å². The molecule has 0 spiro atoms. The predicted octanol–water partition coefficient (Wildman–Crippen LogP) is 1.68. The zero-order valence-electron chi connectivity index (χ0n) is 14.6. The minimum Gasteiger partial charge on any atom is -0.491 e. The van der Waals surface area contributed by atoms with Crippen molar-refractivity contribution >= 4 is 0 Å². The maximum Gasteiger partial charge on any atom is 0.119 e. The van der Waals surface area contributed by atoms with Gasteiger partial charge >= 0.3 is 0 Å².